The van der Waals surface area contributed by atoms with Crippen molar-refractivity contribution in [1.82, 2.24) is 4.90 Å². The summed E-state index contributed by atoms with van der Waals surface area (Å²) in [6.07, 6.45) is 0. The second kappa shape index (κ2) is 7.74. The molecule has 3 heterocycles. The van der Waals surface area contributed by atoms with E-state index in [1.54, 1.807) is 13.2 Å². The Hall–Kier alpha value is -3.32. The average Bonchev–Trinajstić information content (AvgIpc) is 3.26. The van der Waals surface area contributed by atoms with E-state index in [1.165, 1.54) is 11.3 Å². The largest absolute Gasteiger partial charge is 0.497 e. The molecular formula is C24H22N2O4S. The molecule has 0 atom stereocenters. The van der Waals surface area contributed by atoms with Crippen molar-refractivity contribution in [2.75, 3.05) is 38.2 Å². The van der Waals surface area contributed by atoms with Gasteiger partial charge in [-0.25, -0.2) is 4.79 Å². The zero-order chi connectivity index (χ0) is 21.5. The minimum Gasteiger partial charge on any atom is -0.497 e. The number of amides is 1. The Morgan fingerprint density at radius 2 is 1.84 bits per heavy atom. The molecular weight excluding hydrogens is 412 g/mol. The number of hydrogen-bond donors (Lipinski definition) is 0. The van der Waals surface area contributed by atoms with Crippen LogP contribution in [0.5, 0.6) is 5.75 Å². The van der Waals surface area contributed by atoms with Gasteiger partial charge in [-0.15, -0.1) is 11.3 Å². The molecule has 0 saturated carbocycles. The number of carbonyl (C=O) groups excluding carboxylic acids is 1. The van der Waals surface area contributed by atoms with Crippen molar-refractivity contribution in [2.24, 2.45) is 0 Å². The Morgan fingerprint density at radius 1 is 1.03 bits per heavy atom. The molecule has 1 fully saturated rings. The molecule has 1 amide bonds. The lowest BCUT2D eigenvalue weighted by atomic mass is 10.1. The molecule has 1 aliphatic heterocycles. The van der Waals surface area contributed by atoms with Crippen LogP contribution in [-0.4, -0.2) is 44.1 Å². The first-order chi connectivity index (χ1) is 15.0. The standard InChI is InChI=1S/C24H22N2O4S/c1-15-6-7-20-18(12-15)22-19(24(28)30-20)14-21(31-22)23(27)26-10-8-25(9-11-26)16-4-3-5-17(13-16)29-2/h3-7,12-14H,8-11H2,1-2H3. The lowest BCUT2D eigenvalue weighted by Crippen LogP contribution is -2.48. The van der Waals surface area contributed by atoms with E-state index in [0.717, 1.165) is 40.2 Å². The Bertz CT molecular complexity index is 1350. The first-order valence-electron chi connectivity index (χ1n) is 10.2. The molecule has 2 aromatic heterocycles. The molecule has 0 spiro atoms. The van der Waals surface area contributed by atoms with Crippen molar-refractivity contribution >= 4 is 44.0 Å². The van der Waals surface area contributed by atoms with Gasteiger partial charge in [0.1, 0.15) is 11.3 Å². The molecule has 0 radical (unpaired) electrons. The average molecular weight is 435 g/mol. The van der Waals surface area contributed by atoms with E-state index in [9.17, 15) is 9.59 Å². The molecule has 1 saturated heterocycles. The van der Waals surface area contributed by atoms with Crippen LogP contribution in [0.2, 0.25) is 0 Å². The second-order valence-electron chi connectivity index (χ2n) is 7.72. The summed E-state index contributed by atoms with van der Waals surface area (Å²) < 4.78 is 11.6. The van der Waals surface area contributed by atoms with Crippen LogP contribution in [0, 0.1) is 6.92 Å². The van der Waals surface area contributed by atoms with Crippen LogP contribution in [0.25, 0.3) is 21.1 Å². The predicted molar refractivity (Wildman–Crippen MR) is 124 cm³/mol. The van der Waals surface area contributed by atoms with Gasteiger partial charge in [-0.05, 0) is 37.3 Å². The summed E-state index contributed by atoms with van der Waals surface area (Å²) in [6, 6.07) is 15.4. The van der Waals surface area contributed by atoms with Crippen molar-refractivity contribution in [2.45, 2.75) is 6.92 Å². The third-order valence-corrected chi connectivity index (χ3v) is 6.89. The lowest BCUT2D eigenvalue weighted by Gasteiger charge is -2.36. The number of benzene rings is 2. The number of hydrogen-bond acceptors (Lipinski definition) is 6. The fourth-order valence-electron chi connectivity index (χ4n) is 4.04. The molecule has 1 aliphatic rings. The maximum Gasteiger partial charge on any atom is 0.345 e. The van der Waals surface area contributed by atoms with Gasteiger partial charge in [0.2, 0.25) is 0 Å². The van der Waals surface area contributed by atoms with E-state index in [1.807, 2.05) is 48.2 Å². The zero-order valence-corrected chi connectivity index (χ0v) is 18.2. The van der Waals surface area contributed by atoms with Gasteiger partial charge >= 0.3 is 5.63 Å². The van der Waals surface area contributed by atoms with Crippen LogP contribution in [0.1, 0.15) is 15.2 Å². The van der Waals surface area contributed by atoms with Gasteiger partial charge in [-0.2, -0.15) is 0 Å². The molecule has 4 aromatic rings. The first kappa shape index (κ1) is 19.6. The number of ether oxygens (including phenoxy) is 1. The number of thiophene rings is 1. The van der Waals surface area contributed by atoms with Crippen LogP contribution < -0.4 is 15.3 Å². The van der Waals surface area contributed by atoms with Crippen molar-refractivity contribution in [3.63, 3.8) is 0 Å². The van der Waals surface area contributed by atoms with E-state index in [4.69, 9.17) is 9.15 Å². The summed E-state index contributed by atoms with van der Waals surface area (Å²) in [5.74, 6) is 0.786. The minimum atomic E-state index is -0.399. The van der Waals surface area contributed by atoms with E-state index in [2.05, 4.69) is 11.0 Å². The SMILES string of the molecule is COc1cccc(N2CCN(C(=O)c3cc4c(=O)oc5ccc(C)cc5c4s3)CC2)c1. The number of methoxy groups -OCH3 is 1. The zero-order valence-electron chi connectivity index (χ0n) is 17.4. The molecule has 2 aromatic carbocycles. The maximum atomic E-state index is 13.2. The smallest absolute Gasteiger partial charge is 0.345 e. The van der Waals surface area contributed by atoms with E-state index in [0.29, 0.717) is 28.9 Å². The number of piperazine rings is 1. The van der Waals surface area contributed by atoms with Gasteiger partial charge in [0, 0.05) is 43.3 Å². The summed E-state index contributed by atoms with van der Waals surface area (Å²) in [6.45, 7) is 4.73. The third kappa shape index (κ3) is 3.55. The van der Waals surface area contributed by atoms with Gasteiger partial charge < -0.3 is 19.0 Å². The monoisotopic (exact) mass is 434 g/mol. The Morgan fingerprint density at radius 3 is 2.61 bits per heavy atom. The highest BCUT2D eigenvalue weighted by Crippen LogP contribution is 2.32. The number of aryl methyl sites for hydroxylation is 1. The second-order valence-corrected chi connectivity index (χ2v) is 8.78. The first-order valence-corrected chi connectivity index (χ1v) is 11.0. The number of nitrogens with zero attached hydrogens (tertiary/aromatic N) is 2. The van der Waals surface area contributed by atoms with Crippen LogP contribution in [0.4, 0.5) is 5.69 Å². The Labute approximate surface area is 183 Å². The van der Waals surface area contributed by atoms with Gasteiger partial charge in [-0.3, -0.25) is 4.79 Å². The van der Waals surface area contributed by atoms with Crippen LogP contribution in [-0.2, 0) is 0 Å². The fourth-order valence-corrected chi connectivity index (χ4v) is 5.18. The van der Waals surface area contributed by atoms with Gasteiger partial charge in [0.05, 0.1) is 22.1 Å². The van der Waals surface area contributed by atoms with Gasteiger partial charge in [0.15, 0.2) is 0 Å². The normalized spacial score (nSPS) is 14.4. The number of carbonyl (C=O) groups is 1. The topological polar surface area (TPSA) is 63.0 Å². The minimum absolute atomic E-state index is 0.0355. The number of rotatable bonds is 3. The summed E-state index contributed by atoms with van der Waals surface area (Å²) in [5.41, 5.74) is 2.32. The molecule has 31 heavy (non-hydrogen) atoms. The van der Waals surface area contributed by atoms with E-state index in [-0.39, 0.29) is 5.91 Å². The van der Waals surface area contributed by atoms with E-state index < -0.39 is 5.63 Å². The fraction of sp³-hybridized carbons (Fsp3) is 0.250. The maximum absolute atomic E-state index is 13.2. The van der Waals surface area contributed by atoms with E-state index >= 15 is 0 Å². The van der Waals surface area contributed by atoms with Crippen LogP contribution in [0.3, 0.4) is 0 Å². The Balaban J connectivity index is 1.39. The van der Waals surface area contributed by atoms with Crippen LogP contribution >= 0.6 is 11.3 Å². The molecule has 6 nitrogen and oxygen atoms in total. The molecule has 0 bridgehead atoms. The quantitative estimate of drug-likeness (QED) is 0.450. The highest BCUT2D eigenvalue weighted by molar-refractivity contribution is 7.21. The molecule has 158 valence electrons. The van der Waals surface area contributed by atoms with Gasteiger partial charge in [-0.1, -0.05) is 17.7 Å². The Kier molecular flexibility index (Phi) is 4.90. The van der Waals surface area contributed by atoms with Crippen LogP contribution in [0.15, 0.2) is 57.7 Å². The van der Waals surface area contributed by atoms with Crippen molar-refractivity contribution in [1.29, 1.82) is 0 Å². The van der Waals surface area contributed by atoms with Gasteiger partial charge in [0.25, 0.3) is 5.91 Å². The third-order valence-electron chi connectivity index (χ3n) is 5.73. The molecule has 0 aliphatic carbocycles. The molecule has 5 rings (SSSR count). The summed E-state index contributed by atoms with van der Waals surface area (Å²) in [5, 5.41) is 1.35. The highest BCUT2D eigenvalue weighted by Gasteiger charge is 2.25. The summed E-state index contributed by atoms with van der Waals surface area (Å²) in [7, 11) is 1.66. The molecule has 7 heteroatoms. The van der Waals surface area contributed by atoms with Crippen molar-refractivity contribution < 1.29 is 13.9 Å². The highest BCUT2D eigenvalue weighted by atomic mass is 32.1. The predicted octanol–water partition coefficient (Wildman–Crippen LogP) is 4.29. The van der Waals surface area contributed by atoms with Crippen molar-refractivity contribution in [3.8, 4) is 5.75 Å². The summed E-state index contributed by atoms with van der Waals surface area (Å²) >= 11 is 1.37. The number of fused-ring (bicyclic) bond motifs is 3. The lowest BCUT2D eigenvalue weighted by molar-refractivity contribution is 0.0751. The molecule has 0 unspecified atom stereocenters. The summed E-state index contributed by atoms with van der Waals surface area (Å²) in [4.78, 5) is 30.3. The number of anilines is 1. The molecule has 0 N–H and O–H groups in total. The van der Waals surface area contributed by atoms with Crippen molar-refractivity contribution in [3.05, 3.63) is 69.4 Å².